The number of aryl methyl sites for hydroxylation is 1. The number of carbonyl (C=O) groups excluding carboxylic acids is 2. The summed E-state index contributed by atoms with van der Waals surface area (Å²) in [5.74, 6) is -0.311. The van der Waals surface area contributed by atoms with Gasteiger partial charge in [-0.05, 0) is 31.4 Å². The topological polar surface area (TPSA) is 49.4 Å². The van der Waals surface area contributed by atoms with Gasteiger partial charge >= 0.3 is 0 Å². The van der Waals surface area contributed by atoms with Crippen molar-refractivity contribution in [2.75, 3.05) is 6.54 Å². The minimum Gasteiger partial charge on any atom is -0.352 e. The lowest BCUT2D eigenvalue weighted by atomic mass is 9.95. The van der Waals surface area contributed by atoms with Gasteiger partial charge in [-0.15, -0.1) is 0 Å². The van der Waals surface area contributed by atoms with Crippen molar-refractivity contribution in [1.29, 1.82) is 0 Å². The molecule has 2 fully saturated rings. The zero-order valence-electron chi connectivity index (χ0n) is 14.3. The Morgan fingerprint density at radius 1 is 1.28 bits per heavy atom. The summed E-state index contributed by atoms with van der Waals surface area (Å²) in [5, 5.41) is 3.04. The van der Waals surface area contributed by atoms with Crippen molar-refractivity contribution < 1.29 is 9.59 Å². The van der Waals surface area contributed by atoms with Crippen molar-refractivity contribution >= 4 is 46.2 Å². The van der Waals surface area contributed by atoms with Gasteiger partial charge in [0, 0.05) is 6.04 Å². The molecule has 2 aliphatic rings. The molecule has 1 saturated carbocycles. The monoisotopic (exact) mass is 374 g/mol. The summed E-state index contributed by atoms with van der Waals surface area (Å²) < 4.78 is 0.446. The molecule has 0 spiro atoms. The average Bonchev–Trinajstić information content (AvgIpc) is 2.85. The molecule has 1 aromatic rings. The van der Waals surface area contributed by atoms with Crippen LogP contribution in [0.5, 0.6) is 0 Å². The molecule has 1 saturated heterocycles. The summed E-state index contributed by atoms with van der Waals surface area (Å²) >= 11 is 6.56. The predicted molar refractivity (Wildman–Crippen MR) is 106 cm³/mol. The van der Waals surface area contributed by atoms with Crippen LogP contribution in [0, 0.1) is 6.92 Å². The van der Waals surface area contributed by atoms with Crippen LogP contribution in [0.3, 0.4) is 0 Å². The van der Waals surface area contributed by atoms with Crippen molar-refractivity contribution in [3.63, 3.8) is 0 Å². The Morgan fingerprint density at radius 3 is 2.64 bits per heavy atom. The molecule has 1 aliphatic heterocycles. The van der Waals surface area contributed by atoms with Gasteiger partial charge in [-0.2, -0.15) is 0 Å². The molecule has 1 aliphatic carbocycles. The van der Waals surface area contributed by atoms with Gasteiger partial charge in [0.05, 0.1) is 4.91 Å². The van der Waals surface area contributed by atoms with E-state index in [2.05, 4.69) is 5.32 Å². The maximum absolute atomic E-state index is 12.6. The summed E-state index contributed by atoms with van der Waals surface area (Å²) in [4.78, 5) is 26.8. The van der Waals surface area contributed by atoms with Gasteiger partial charge < -0.3 is 5.32 Å². The first-order chi connectivity index (χ1) is 12.0. The Kier molecular flexibility index (Phi) is 5.91. The van der Waals surface area contributed by atoms with Gasteiger partial charge in [0.25, 0.3) is 5.91 Å². The van der Waals surface area contributed by atoms with E-state index in [0.29, 0.717) is 9.23 Å². The molecule has 1 heterocycles. The van der Waals surface area contributed by atoms with Crippen LogP contribution in [0.15, 0.2) is 29.2 Å². The second-order valence-electron chi connectivity index (χ2n) is 6.58. The molecule has 3 rings (SSSR count). The highest BCUT2D eigenvalue weighted by molar-refractivity contribution is 8.26. The fourth-order valence-corrected chi connectivity index (χ4v) is 4.37. The van der Waals surface area contributed by atoms with Crippen molar-refractivity contribution in [1.82, 2.24) is 10.2 Å². The molecule has 0 bridgehead atoms. The molecule has 0 radical (unpaired) electrons. The quantitative estimate of drug-likeness (QED) is 0.646. The van der Waals surface area contributed by atoms with E-state index in [1.54, 1.807) is 0 Å². The van der Waals surface area contributed by atoms with E-state index in [0.717, 1.165) is 31.2 Å². The minimum atomic E-state index is -0.186. The molecule has 0 unspecified atom stereocenters. The molecule has 1 aromatic carbocycles. The lowest BCUT2D eigenvalue weighted by molar-refractivity contribution is -0.129. The number of carbonyl (C=O) groups is 2. The zero-order valence-corrected chi connectivity index (χ0v) is 15.9. The van der Waals surface area contributed by atoms with Crippen molar-refractivity contribution in [3.8, 4) is 0 Å². The van der Waals surface area contributed by atoms with E-state index < -0.39 is 0 Å². The van der Waals surface area contributed by atoms with Crippen LogP contribution in [0.2, 0.25) is 0 Å². The van der Waals surface area contributed by atoms with E-state index >= 15 is 0 Å². The van der Waals surface area contributed by atoms with Gasteiger partial charge in [-0.25, -0.2) is 0 Å². The summed E-state index contributed by atoms with van der Waals surface area (Å²) in [6.07, 6.45) is 7.44. The highest BCUT2D eigenvalue weighted by Crippen LogP contribution is 2.32. The Labute approximate surface area is 158 Å². The Balaban J connectivity index is 1.62. The van der Waals surface area contributed by atoms with E-state index in [1.165, 1.54) is 28.6 Å². The predicted octanol–water partition coefficient (Wildman–Crippen LogP) is 3.65. The van der Waals surface area contributed by atoms with Crippen LogP contribution in [0.1, 0.15) is 43.2 Å². The normalized spacial score (nSPS) is 20.4. The van der Waals surface area contributed by atoms with E-state index in [4.69, 9.17) is 12.2 Å². The number of hydrogen-bond donors (Lipinski definition) is 1. The third-order valence-corrected chi connectivity index (χ3v) is 5.90. The lowest BCUT2D eigenvalue weighted by Gasteiger charge is -2.24. The molecule has 25 heavy (non-hydrogen) atoms. The standard InChI is InChI=1S/C19H22N2O2S2/c1-13-7-9-14(10-8-13)11-16-18(23)21(19(24)25-16)12-17(22)20-15-5-3-2-4-6-15/h7-11,15H,2-6,12H2,1H3,(H,20,22)/b16-11+. The van der Waals surface area contributed by atoms with Crippen LogP contribution in [-0.4, -0.2) is 33.6 Å². The van der Waals surface area contributed by atoms with Crippen molar-refractivity contribution in [3.05, 3.63) is 40.3 Å². The highest BCUT2D eigenvalue weighted by atomic mass is 32.2. The Hall–Kier alpha value is -1.66. The Bertz CT molecular complexity index is 707. The number of nitrogens with one attached hydrogen (secondary N) is 1. The number of thiocarbonyl (C=S) groups is 1. The van der Waals surface area contributed by atoms with Crippen molar-refractivity contribution in [2.45, 2.75) is 45.1 Å². The molecule has 4 nitrogen and oxygen atoms in total. The van der Waals surface area contributed by atoms with Crippen LogP contribution in [-0.2, 0) is 9.59 Å². The number of hydrogen-bond acceptors (Lipinski definition) is 4. The highest BCUT2D eigenvalue weighted by Gasteiger charge is 2.33. The summed E-state index contributed by atoms with van der Waals surface area (Å²) in [6.45, 7) is 2.03. The molecule has 0 aromatic heterocycles. The smallest absolute Gasteiger partial charge is 0.266 e. The number of benzene rings is 1. The first kappa shape index (κ1) is 18.1. The van der Waals surface area contributed by atoms with E-state index in [9.17, 15) is 9.59 Å². The molecule has 6 heteroatoms. The van der Waals surface area contributed by atoms with Gasteiger partial charge in [-0.3, -0.25) is 14.5 Å². The second kappa shape index (κ2) is 8.15. The third-order valence-electron chi connectivity index (χ3n) is 4.52. The summed E-state index contributed by atoms with van der Waals surface area (Å²) in [5.41, 5.74) is 2.13. The number of thioether (sulfide) groups is 1. The first-order valence-electron chi connectivity index (χ1n) is 8.64. The fourth-order valence-electron chi connectivity index (χ4n) is 3.11. The molecule has 132 valence electrons. The SMILES string of the molecule is Cc1ccc(/C=C2/SC(=S)N(CC(=O)NC3CCCCC3)C2=O)cc1. The van der Waals surface area contributed by atoms with Gasteiger partial charge in [-0.1, -0.05) is 73.1 Å². The fraction of sp³-hybridized carbons (Fsp3) is 0.421. The van der Waals surface area contributed by atoms with E-state index in [1.807, 2.05) is 37.3 Å². The van der Waals surface area contributed by atoms with Gasteiger partial charge in [0.2, 0.25) is 5.91 Å². The van der Waals surface area contributed by atoms with Crippen LogP contribution in [0.4, 0.5) is 0 Å². The summed E-state index contributed by atoms with van der Waals surface area (Å²) in [6, 6.07) is 8.19. The van der Waals surface area contributed by atoms with Gasteiger partial charge in [0.1, 0.15) is 10.9 Å². The molecular weight excluding hydrogens is 352 g/mol. The van der Waals surface area contributed by atoms with E-state index in [-0.39, 0.29) is 24.4 Å². The average molecular weight is 375 g/mol. The molecule has 0 atom stereocenters. The van der Waals surface area contributed by atoms with Gasteiger partial charge in [0.15, 0.2) is 0 Å². The molecular formula is C19H22N2O2S2. The van der Waals surface area contributed by atoms with Crippen LogP contribution >= 0.6 is 24.0 Å². The zero-order chi connectivity index (χ0) is 17.8. The lowest BCUT2D eigenvalue weighted by Crippen LogP contribution is -2.44. The Morgan fingerprint density at radius 2 is 1.96 bits per heavy atom. The largest absolute Gasteiger partial charge is 0.352 e. The number of rotatable bonds is 4. The second-order valence-corrected chi connectivity index (χ2v) is 8.26. The maximum Gasteiger partial charge on any atom is 0.266 e. The minimum absolute atomic E-state index is 0.00635. The third kappa shape index (κ3) is 4.70. The number of nitrogens with zero attached hydrogens (tertiary/aromatic N) is 1. The number of amides is 2. The first-order valence-corrected chi connectivity index (χ1v) is 9.87. The summed E-state index contributed by atoms with van der Waals surface area (Å²) in [7, 11) is 0. The molecule has 1 N–H and O–H groups in total. The maximum atomic E-state index is 12.6. The van der Waals surface area contributed by atoms with Crippen molar-refractivity contribution in [2.24, 2.45) is 0 Å². The molecule has 2 amide bonds. The van der Waals surface area contributed by atoms with Crippen LogP contribution in [0.25, 0.3) is 6.08 Å². The van der Waals surface area contributed by atoms with Crippen LogP contribution < -0.4 is 5.32 Å².